The van der Waals surface area contributed by atoms with Gasteiger partial charge >= 0.3 is 0 Å². The van der Waals surface area contributed by atoms with E-state index in [1.807, 2.05) is 0 Å². The van der Waals surface area contributed by atoms with E-state index in [1.165, 1.54) is 19.3 Å². The third kappa shape index (κ3) is 6.15. The predicted molar refractivity (Wildman–Crippen MR) is 59.6 cm³/mol. The first-order valence-electron chi connectivity index (χ1n) is 5.13. The van der Waals surface area contributed by atoms with Gasteiger partial charge in [0.1, 0.15) is 0 Å². The van der Waals surface area contributed by atoms with Crippen molar-refractivity contribution < 1.29 is 0 Å². The van der Waals surface area contributed by atoms with Gasteiger partial charge in [-0.25, -0.2) is 0 Å². The molecule has 1 aliphatic rings. The van der Waals surface area contributed by atoms with Gasteiger partial charge in [-0.3, -0.25) is 0 Å². The van der Waals surface area contributed by atoms with Gasteiger partial charge in [0.05, 0.1) is 0 Å². The molecule has 1 rings (SSSR count). The summed E-state index contributed by atoms with van der Waals surface area (Å²) in [6.45, 7) is 0. The van der Waals surface area contributed by atoms with Crippen molar-refractivity contribution in [1.82, 2.24) is 0 Å². The normalized spacial score (nSPS) is 28.9. The molecule has 0 heterocycles. The van der Waals surface area contributed by atoms with Crippen LogP contribution >= 0.6 is 0 Å². The summed E-state index contributed by atoms with van der Waals surface area (Å²) in [6.07, 6.45) is 23.5. The molecule has 0 saturated heterocycles. The van der Waals surface area contributed by atoms with E-state index in [-0.39, 0.29) is 0 Å². The van der Waals surface area contributed by atoms with E-state index in [9.17, 15) is 0 Å². The molecule has 0 spiro atoms. The Kier molecular flexibility index (Phi) is 5.87. The van der Waals surface area contributed by atoms with Crippen LogP contribution in [0.4, 0.5) is 0 Å². The number of allylic oxidation sites excluding steroid dienone is 8. The molecular formula is C13H18. The molecule has 0 radical (unpaired) electrons. The van der Waals surface area contributed by atoms with Crippen LogP contribution in [0, 0.1) is 0 Å². The Hall–Kier alpha value is -1.04. The van der Waals surface area contributed by atoms with Crippen LogP contribution in [0.3, 0.4) is 0 Å². The Morgan fingerprint density at radius 3 is 1.31 bits per heavy atom. The van der Waals surface area contributed by atoms with Gasteiger partial charge in [-0.15, -0.1) is 0 Å². The Morgan fingerprint density at radius 2 is 0.846 bits per heavy atom. The van der Waals surface area contributed by atoms with Gasteiger partial charge in [0.2, 0.25) is 0 Å². The molecule has 0 saturated carbocycles. The molecule has 0 heteroatoms. The van der Waals surface area contributed by atoms with Crippen molar-refractivity contribution >= 4 is 0 Å². The summed E-state index contributed by atoms with van der Waals surface area (Å²) in [4.78, 5) is 0. The first-order valence-corrected chi connectivity index (χ1v) is 5.13. The topological polar surface area (TPSA) is 0 Å². The van der Waals surface area contributed by atoms with E-state index in [2.05, 4.69) is 48.6 Å². The van der Waals surface area contributed by atoms with E-state index >= 15 is 0 Å². The van der Waals surface area contributed by atoms with Crippen molar-refractivity contribution in [1.29, 1.82) is 0 Å². The lowest BCUT2D eigenvalue weighted by Crippen LogP contribution is -1.67. The van der Waals surface area contributed by atoms with E-state index in [0.29, 0.717) is 0 Å². The van der Waals surface area contributed by atoms with Gasteiger partial charge in [0, 0.05) is 0 Å². The second kappa shape index (κ2) is 7.60. The molecule has 0 aromatic heterocycles. The molecule has 0 nitrogen and oxygen atoms in total. The highest BCUT2D eigenvalue weighted by Gasteiger charge is 1.80. The molecule has 0 atom stereocenters. The number of hydrogen-bond donors (Lipinski definition) is 0. The minimum atomic E-state index is 1.15. The zero-order chi connectivity index (χ0) is 9.19. The molecule has 70 valence electrons. The molecular weight excluding hydrogens is 156 g/mol. The van der Waals surface area contributed by atoms with Crippen LogP contribution in [0.25, 0.3) is 0 Å². The number of hydrogen-bond acceptors (Lipinski definition) is 0. The van der Waals surface area contributed by atoms with Crippen LogP contribution < -0.4 is 0 Å². The molecule has 13 heavy (non-hydrogen) atoms. The van der Waals surface area contributed by atoms with Gasteiger partial charge in [-0.1, -0.05) is 48.6 Å². The maximum atomic E-state index is 2.25. The highest BCUT2D eigenvalue weighted by atomic mass is 13.9. The second-order valence-corrected chi connectivity index (χ2v) is 3.22. The summed E-state index contributed by atoms with van der Waals surface area (Å²) in [7, 11) is 0. The molecule has 0 aliphatic heterocycles. The van der Waals surface area contributed by atoms with E-state index in [1.54, 1.807) is 0 Å². The van der Waals surface area contributed by atoms with Crippen molar-refractivity contribution in [2.24, 2.45) is 0 Å². The molecule has 1 aliphatic carbocycles. The van der Waals surface area contributed by atoms with Crippen LogP contribution in [0.15, 0.2) is 48.6 Å². The fourth-order valence-electron chi connectivity index (χ4n) is 1.25. The number of rotatable bonds is 0. The van der Waals surface area contributed by atoms with Gasteiger partial charge in [-0.2, -0.15) is 0 Å². The van der Waals surface area contributed by atoms with E-state index in [4.69, 9.17) is 0 Å². The quantitative estimate of drug-likeness (QED) is 0.517. The lowest BCUT2D eigenvalue weighted by molar-refractivity contribution is 0.868. The van der Waals surface area contributed by atoms with E-state index in [0.717, 1.165) is 12.8 Å². The minimum absolute atomic E-state index is 1.15. The standard InChI is InChI=1S/C13H18/c1-2-4-6-8-10-12-13-11-9-7-5-3-1/h1-4,9,11-13H,5-8,10H2/b3-1+,4-2+,11-9+,13-12+. The first-order chi connectivity index (χ1) is 6.50. The Morgan fingerprint density at radius 1 is 0.462 bits per heavy atom. The molecule has 0 amide bonds. The van der Waals surface area contributed by atoms with Crippen LogP contribution in [-0.4, -0.2) is 0 Å². The summed E-state index contributed by atoms with van der Waals surface area (Å²) in [6, 6.07) is 0. The Labute approximate surface area is 81.4 Å². The third-order valence-corrected chi connectivity index (χ3v) is 2.01. The molecule has 0 bridgehead atoms. The highest BCUT2D eigenvalue weighted by molar-refractivity contribution is 5.06. The fourth-order valence-corrected chi connectivity index (χ4v) is 1.25. The lowest BCUT2D eigenvalue weighted by atomic mass is 10.2. The maximum absolute atomic E-state index is 2.25. The van der Waals surface area contributed by atoms with Gasteiger partial charge < -0.3 is 0 Å². The van der Waals surface area contributed by atoms with Crippen LogP contribution in [0.2, 0.25) is 0 Å². The van der Waals surface area contributed by atoms with Gasteiger partial charge in [0.15, 0.2) is 0 Å². The molecule has 0 aromatic rings. The van der Waals surface area contributed by atoms with Crippen molar-refractivity contribution in [3.05, 3.63) is 48.6 Å². The summed E-state index contributed by atoms with van der Waals surface area (Å²) >= 11 is 0. The smallest absolute Gasteiger partial charge is 0.0313 e. The Balaban J connectivity index is 2.38. The second-order valence-electron chi connectivity index (χ2n) is 3.22. The third-order valence-electron chi connectivity index (χ3n) is 2.01. The van der Waals surface area contributed by atoms with Crippen molar-refractivity contribution in [2.75, 3.05) is 0 Å². The molecule has 0 N–H and O–H groups in total. The maximum Gasteiger partial charge on any atom is -0.0313 e. The molecule has 0 aromatic carbocycles. The van der Waals surface area contributed by atoms with Crippen molar-refractivity contribution in [3.63, 3.8) is 0 Å². The summed E-state index contributed by atoms with van der Waals surface area (Å²) in [5.41, 5.74) is 0. The summed E-state index contributed by atoms with van der Waals surface area (Å²) in [5.74, 6) is 0. The SMILES string of the molecule is C1=C/CC/C=C/C=C/CCC/C=C/1. The summed E-state index contributed by atoms with van der Waals surface area (Å²) < 4.78 is 0. The Bertz CT molecular complexity index is 192. The first kappa shape index (κ1) is 10.0. The monoisotopic (exact) mass is 174 g/mol. The van der Waals surface area contributed by atoms with Gasteiger partial charge in [0.25, 0.3) is 0 Å². The van der Waals surface area contributed by atoms with Crippen molar-refractivity contribution in [2.45, 2.75) is 32.1 Å². The zero-order valence-corrected chi connectivity index (χ0v) is 8.15. The largest absolute Gasteiger partial charge is 0.0845 e. The van der Waals surface area contributed by atoms with E-state index < -0.39 is 0 Å². The van der Waals surface area contributed by atoms with Crippen LogP contribution in [0.1, 0.15) is 32.1 Å². The average molecular weight is 174 g/mol. The van der Waals surface area contributed by atoms with Crippen LogP contribution in [-0.2, 0) is 0 Å². The zero-order valence-electron chi connectivity index (χ0n) is 8.15. The average Bonchev–Trinajstić information content (AvgIpc) is 2.18. The predicted octanol–water partition coefficient (Wildman–Crippen LogP) is 4.18. The lowest BCUT2D eigenvalue weighted by Gasteiger charge is -1.87. The molecule has 0 fully saturated rings. The minimum Gasteiger partial charge on any atom is -0.0845 e. The highest BCUT2D eigenvalue weighted by Crippen LogP contribution is 2.00. The fraction of sp³-hybridized carbons (Fsp3) is 0.385. The van der Waals surface area contributed by atoms with Crippen molar-refractivity contribution in [3.8, 4) is 0 Å². The molecule has 0 unspecified atom stereocenters. The van der Waals surface area contributed by atoms with Gasteiger partial charge in [-0.05, 0) is 32.1 Å². The summed E-state index contributed by atoms with van der Waals surface area (Å²) in [5, 5.41) is 0. The van der Waals surface area contributed by atoms with Crippen LogP contribution in [0.5, 0.6) is 0 Å².